The second-order valence-electron chi connectivity index (χ2n) is 9.72. The van der Waals surface area contributed by atoms with Crippen molar-refractivity contribution in [2.24, 2.45) is 5.92 Å². The largest absolute Gasteiger partial charge is 0.419 e. The fraction of sp³-hybridized carbons (Fsp3) is 0.444. The van der Waals surface area contributed by atoms with Crippen molar-refractivity contribution in [3.63, 3.8) is 0 Å². The Kier molecular flexibility index (Phi) is 7.57. The second-order valence-corrected chi connectivity index (χ2v) is 9.72. The molecule has 0 unspecified atom stereocenters. The highest BCUT2D eigenvalue weighted by atomic mass is 19.4. The zero-order valence-corrected chi connectivity index (χ0v) is 20.8. The summed E-state index contributed by atoms with van der Waals surface area (Å²) in [5.74, 6) is -1.91. The van der Waals surface area contributed by atoms with Gasteiger partial charge in [-0.1, -0.05) is 18.2 Å². The van der Waals surface area contributed by atoms with Gasteiger partial charge in [0.15, 0.2) is 0 Å². The molecule has 198 valence electrons. The number of piperidine rings is 1. The van der Waals surface area contributed by atoms with E-state index in [1.54, 1.807) is 4.90 Å². The summed E-state index contributed by atoms with van der Waals surface area (Å²) in [6.07, 6.45) is -3.25. The number of nitrogens with zero attached hydrogens (tertiary/aromatic N) is 2. The van der Waals surface area contributed by atoms with Gasteiger partial charge >= 0.3 is 6.18 Å². The van der Waals surface area contributed by atoms with E-state index in [2.05, 4.69) is 5.32 Å². The van der Waals surface area contributed by atoms with Crippen molar-refractivity contribution in [2.75, 3.05) is 25.0 Å². The van der Waals surface area contributed by atoms with Gasteiger partial charge < -0.3 is 15.1 Å². The van der Waals surface area contributed by atoms with Gasteiger partial charge in [-0.2, -0.15) is 13.2 Å². The number of fused-ring (bicyclic) bond motifs is 1. The number of halogens is 4. The van der Waals surface area contributed by atoms with Gasteiger partial charge in [0.05, 0.1) is 12.0 Å². The lowest BCUT2D eigenvalue weighted by Crippen LogP contribution is -2.45. The number of amides is 3. The average molecular weight is 520 g/mol. The Morgan fingerprint density at radius 3 is 2.35 bits per heavy atom. The number of hydrogen-bond acceptors (Lipinski definition) is 3. The highest BCUT2D eigenvalue weighted by Crippen LogP contribution is 2.33. The molecule has 2 heterocycles. The molecule has 0 spiro atoms. The first kappa shape index (κ1) is 26.6. The molecule has 1 N–H and O–H groups in total. The molecule has 2 aliphatic heterocycles. The minimum atomic E-state index is -4.80. The molecule has 0 saturated carbocycles. The summed E-state index contributed by atoms with van der Waals surface area (Å²) < 4.78 is 52.3. The van der Waals surface area contributed by atoms with Crippen LogP contribution >= 0.6 is 0 Å². The second kappa shape index (κ2) is 10.5. The molecule has 0 bridgehead atoms. The number of aryl methyl sites for hydroxylation is 1. The van der Waals surface area contributed by atoms with Crippen LogP contribution in [-0.2, 0) is 39.9 Å². The number of nitrogens with one attached hydrogen (secondary N) is 1. The average Bonchev–Trinajstić information content (AvgIpc) is 2.84. The first-order valence-corrected chi connectivity index (χ1v) is 12.2. The number of likely N-dealkylation sites (tertiary alicyclic amines) is 1. The van der Waals surface area contributed by atoms with Gasteiger partial charge in [0.25, 0.3) is 0 Å². The van der Waals surface area contributed by atoms with Gasteiger partial charge in [-0.05, 0) is 60.6 Å². The first-order valence-electron chi connectivity index (χ1n) is 12.2. The number of anilines is 1. The van der Waals surface area contributed by atoms with Crippen molar-refractivity contribution < 1.29 is 31.9 Å². The Labute approximate surface area is 212 Å². The smallest absolute Gasteiger partial charge is 0.343 e. The molecule has 2 aromatic rings. The predicted octanol–water partition coefficient (Wildman–Crippen LogP) is 4.48. The van der Waals surface area contributed by atoms with Crippen LogP contribution in [0.4, 0.5) is 23.2 Å². The lowest BCUT2D eigenvalue weighted by molar-refractivity contribution is -0.140. The van der Waals surface area contributed by atoms with Crippen molar-refractivity contribution in [3.05, 3.63) is 64.0 Å². The molecular formula is C27H29F4N3O3. The molecule has 0 radical (unpaired) electrons. The third-order valence-electron chi connectivity index (χ3n) is 7.18. The highest BCUT2D eigenvalue weighted by molar-refractivity contribution is 5.94. The molecule has 6 nitrogen and oxygen atoms in total. The fourth-order valence-corrected chi connectivity index (χ4v) is 5.10. The Hall–Kier alpha value is -3.43. The normalized spacial score (nSPS) is 16.4. The molecule has 3 amide bonds. The Morgan fingerprint density at radius 1 is 1.03 bits per heavy atom. The number of carbonyl (C=O) groups excluding carboxylic acids is 3. The molecule has 4 rings (SSSR count). The van der Waals surface area contributed by atoms with Crippen LogP contribution in [0, 0.1) is 18.7 Å². The zero-order chi connectivity index (χ0) is 26.9. The van der Waals surface area contributed by atoms with Gasteiger partial charge in [0.1, 0.15) is 5.82 Å². The molecule has 0 aromatic heterocycles. The monoisotopic (exact) mass is 519 g/mol. The van der Waals surface area contributed by atoms with Gasteiger partial charge in [-0.3, -0.25) is 14.4 Å². The van der Waals surface area contributed by atoms with E-state index in [0.29, 0.717) is 57.2 Å². The first-order chi connectivity index (χ1) is 17.4. The van der Waals surface area contributed by atoms with E-state index < -0.39 is 23.5 Å². The predicted molar refractivity (Wildman–Crippen MR) is 129 cm³/mol. The minimum Gasteiger partial charge on any atom is -0.343 e. The van der Waals surface area contributed by atoms with E-state index in [1.165, 1.54) is 6.92 Å². The molecule has 1 fully saturated rings. The van der Waals surface area contributed by atoms with E-state index in [4.69, 9.17) is 0 Å². The molecule has 2 aliphatic rings. The number of alkyl halides is 3. The molecule has 0 aliphatic carbocycles. The highest BCUT2D eigenvalue weighted by Gasteiger charge is 2.34. The summed E-state index contributed by atoms with van der Waals surface area (Å²) in [7, 11) is 0. The van der Waals surface area contributed by atoms with Crippen LogP contribution in [-0.4, -0.2) is 47.2 Å². The van der Waals surface area contributed by atoms with Gasteiger partial charge in [0, 0.05) is 44.7 Å². The fourth-order valence-electron chi connectivity index (χ4n) is 5.10. The minimum absolute atomic E-state index is 0.0196. The molecule has 0 atom stereocenters. The number of hydrogen-bond donors (Lipinski definition) is 1. The lowest BCUT2D eigenvalue weighted by Gasteiger charge is -2.36. The van der Waals surface area contributed by atoms with Crippen LogP contribution in [0.2, 0.25) is 0 Å². The van der Waals surface area contributed by atoms with Gasteiger partial charge in [-0.25, -0.2) is 4.39 Å². The van der Waals surface area contributed by atoms with Gasteiger partial charge in [-0.15, -0.1) is 0 Å². The maximum Gasteiger partial charge on any atom is 0.419 e. The van der Waals surface area contributed by atoms with E-state index >= 15 is 0 Å². The standard InChI is InChI=1S/C27H29F4N3O3/c1-16-3-5-20-15-34(26(37)19-7-10-33(11-8-19)17(2)35)12-9-21(20)25(16)32-24(36)14-18-4-6-22(23(28)13-18)27(29,30)31/h3-6,13,19H,7-12,14-15H2,1-2H3,(H,32,36). The van der Waals surface area contributed by atoms with E-state index in [-0.39, 0.29) is 29.7 Å². The van der Waals surface area contributed by atoms with Crippen LogP contribution in [0.5, 0.6) is 0 Å². The topological polar surface area (TPSA) is 69.7 Å². The Balaban J connectivity index is 1.42. The summed E-state index contributed by atoms with van der Waals surface area (Å²) >= 11 is 0. The van der Waals surface area contributed by atoms with E-state index in [1.807, 2.05) is 24.0 Å². The molecule has 2 aromatic carbocycles. The van der Waals surface area contributed by atoms with Gasteiger partial charge in [0.2, 0.25) is 17.7 Å². The SMILES string of the molecule is CC(=O)N1CCC(C(=O)N2CCc3c(ccc(C)c3NC(=O)Cc3ccc(C(F)(F)F)c(F)c3)C2)CC1. The van der Waals surface area contributed by atoms with Crippen LogP contribution in [0.3, 0.4) is 0 Å². The molecule has 37 heavy (non-hydrogen) atoms. The van der Waals surface area contributed by atoms with Crippen molar-refractivity contribution in [1.29, 1.82) is 0 Å². The Morgan fingerprint density at radius 2 is 1.73 bits per heavy atom. The van der Waals surface area contributed by atoms with Crippen LogP contribution in [0.15, 0.2) is 30.3 Å². The number of benzene rings is 2. The van der Waals surface area contributed by atoms with Crippen molar-refractivity contribution >= 4 is 23.4 Å². The summed E-state index contributed by atoms with van der Waals surface area (Å²) in [5.41, 5.74) is 2.05. The van der Waals surface area contributed by atoms with Crippen LogP contribution in [0.25, 0.3) is 0 Å². The van der Waals surface area contributed by atoms with Crippen molar-refractivity contribution in [1.82, 2.24) is 9.80 Å². The third-order valence-corrected chi connectivity index (χ3v) is 7.18. The molecule has 10 heteroatoms. The maximum absolute atomic E-state index is 13.9. The van der Waals surface area contributed by atoms with Crippen molar-refractivity contribution in [3.8, 4) is 0 Å². The quantitative estimate of drug-likeness (QED) is 0.606. The summed E-state index contributed by atoms with van der Waals surface area (Å²) in [6, 6.07) is 6.27. The molecule has 1 saturated heterocycles. The summed E-state index contributed by atoms with van der Waals surface area (Å²) in [4.78, 5) is 41.0. The van der Waals surface area contributed by atoms with Crippen molar-refractivity contribution in [2.45, 2.75) is 52.3 Å². The van der Waals surface area contributed by atoms with E-state index in [9.17, 15) is 31.9 Å². The zero-order valence-electron chi connectivity index (χ0n) is 20.8. The van der Waals surface area contributed by atoms with Crippen LogP contribution < -0.4 is 5.32 Å². The maximum atomic E-state index is 13.9. The lowest BCUT2D eigenvalue weighted by atomic mass is 9.91. The molecular weight excluding hydrogens is 490 g/mol. The van der Waals surface area contributed by atoms with E-state index in [0.717, 1.165) is 28.8 Å². The third kappa shape index (κ3) is 5.94. The summed E-state index contributed by atoms with van der Waals surface area (Å²) in [5, 5.41) is 2.85. The van der Waals surface area contributed by atoms with Crippen LogP contribution in [0.1, 0.15) is 47.6 Å². The number of rotatable bonds is 4. The summed E-state index contributed by atoms with van der Waals surface area (Å²) in [6.45, 7) is 5.43. The number of carbonyl (C=O) groups is 3. The Bertz CT molecular complexity index is 1220.